The number of aromatic nitrogens is 5. The van der Waals surface area contributed by atoms with E-state index in [0.717, 1.165) is 59.5 Å². The van der Waals surface area contributed by atoms with Gasteiger partial charge in [0.15, 0.2) is 0 Å². The molecule has 160 valence electrons. The topological polar surface area (TPSA) is 75.0 Å². The molecular weight excluding hydrogens is 388 g/mol. The van der Waals surface area contributed by atoms with Crippen molar-refractivity contribution >= 4 is 39.3 Å². The standard InChI is InChI=1S/C23H28N8/c1-15(2)31-22-18(14-25-31)6-5-17-13-24-23(28-21(17)22)27-20-8-7-19(16(3)26-20)30-11-9-29(4)10-12-30/h5-8,13-15H,9-12H2,1-4H3,(H,24,26,27,28). The molecule has 0 unspecified atom stereocenters. The Morgan fingerprint density at radius 1 is 0.935 bits per heavy atom. The monoisotopic (exact) mass is 416 g/mol. The number of nitrogens with zero attached hydrogens (tertiary/aromatic N) is 7. The zero-order chi connectivity index (χ0) is 21.5. The number of hydrogen-bond acceptors (Lipinski definition) is 7. The Morgan fingerprint density at radius 3 is 2.45 bits per heavy atom. The predicted molar refractivity (Wildman–Crippen MR) is 125 cm³/mol. The second kappa shape index (κ2) is 7.77. The van der Waals surface area contributed by atoms with E-state index >= 15 is 0 Å². The van der Waals surface area contributed by atoms with E-state index < -0.39 is 0 Å². The van der Waals surface area contributed by atoms with Crippen LogP contribution < -0.4 is 10.2 Å². The number of pyridine rings is 1. The molecule has 8 heteroatoms. The summed E-state index contributed by atoms with van der Waals surface area (Å²) in [6.07, 6.45) is 3.75. The average Bonchev–Trinajstić information content (AvgIpc) is 3.20. The molecule has 8 nitrogen and oxygen atoms in total. The molecule has 1 saturated heterocycles. The fourth-order valence-electron chi connectivity index (χ4n) is 4.20. The number of anilines is 3. The highest BCUT2D eigenvalue weighted by molar-refractivity contribution is 6.03. The first-order valence-corrected chi connectivity index (χ1v) is 10.8. The van der Waals surface area contributed by atoms with Crippen LogP contribution in [0.15, 0.2) is 36.7 Å². The molecule has 5 rings (SSSR count). The summed E-state index contributed by atoms with van der Waals surface area (Å²) in [6.45, 7) is 10.5. The summed E-state index contributed by atoms with van der Waals surface area (Å²) in [4.78, 5) is 18.9. The number of rotatable bonds is 4. The fourth-order valence-corrected chi connectivity index (χ4v) is 4.20. The summed E-state index contributed by atoms with van der Waals surface area (Å²) in [6, 6.07) is 8.51. The van der Waals surface area contributed by atoms with Crippen molar-refractivity contribution in [2.45, 2.75) is 26.8 Å². The fraction of sp³-hybridized carbons (Fsp3) is 0.391. The van der Waals surface area contributed by atoms with Gasteiger partial charge in [-0.05, 0) is 40.0 Å². The Kier molecular flexibility index (Phi) is 4.94. The lowest BCUT2D eigenvalue weighted by atomic mass is 10.2. The Morgan fingerprint density at radius 2 is 1.71 bits per heavy atom. The van der Waals surface area contributed by atoms with Gasteiger partial charge in [-0.3, -0.25) is 4.68 Å². The lowest BCUT2D eigenvalue weighted by Gasteiger charge is -2.34. The van der Waals surface area contributed by atoms with Crippen LogP contribution in [0, 0.1) is 6.92 Å². The molecule has 1 N–H and O–H groups in total. The summed E-state index contributed by atoms with van der Waals surface area (Å²) in [5.74, 6) is 1.29. The van der Waals surface area contributed by atoms with Gasteiger partial charge in [-0.25, -0.2) is 15.0 Å². The Hall–Kier alpha value is -3.26. The highest BCUT2D eigenvalue weighted by Crippen LogP contribution is 2.27. The van der Waals surface area contributed by atoms with Gasteiger partial charge in [0.2, 0.25) is 5.95 Å². The Labute approximate surface area is 181 Å². The molecule has 3 aromatic heterocycles. The van der Waals surface area contributed by atoms with Crippen LogP contribution in [0.4, 0.5) is 17.5 Å². The van der Waals surface area contributed by atoms with Gasteiger partial charge in [0.1, 0.15) is 11.3 Å². The van der Waals surface area contributed by atoms with Crippen LogP contribution in [0.2, 0.25) is 0 Å². The summed E-state index contributed by atoms with van der Waals surface area (Å²) in [7, 11) is 2.17. The number of fused-ring (bicyclic) bond motifs is 3. The molecule has 1 aliphatic heterocycles. The summed E-state index contributed by atoms with van der Waals surface area (Å²) >= 11 is 0. The third-order valence-electron chi connectivity index (χ3n) is 5.94. The number of benzene rings is 1. The van der Waals surface area contributed by atoms with Crippen molar-refractivity contribution in [1.82, 2.24) is 29.6 Å². The summed E-state index contributed by atoms with van der Waals surface area (Å²) in [5, 5.41) is 9.91. The van der Waals surface area contributed by atoms with Gasteiger partial charge in [0.05, 0.1) is 23.1 Å². The van der Waals surface area contributed by atoms with E-state index in [9.17, 15) is 0 Å². The van der Waals surface area contributed by atoms with Gasteiger partial charge in [-0.2, -0.15) is 5.10 Å². The molecule has 0 aliphatic carbocycles. The third kappa shape index (κ3) is 3.67. The van der Waals surface area contributed by atoms with Crippen LogP contribution in [-0.2, 0) is 0 Å². The van der Waals surface area contributed by atoms with E-state index in [1.54, 1.807) is 0 Å². The van der Waals surface area contributed by atoms with Crippen molar-refractivity contribution < 1.29 is 0 Å². The molecule has 0 radical (unpaired) electrons. The predicted octanol–water partition coefficient (Wildman–Crippen LogP) is 3.76. The number of nitrogens with one attached hydrogen (secondary N) is 1. The average molecular weight is 417 g/mol. The molecule has 0 atom stereocenters. The van der Waals surface area contributed by atoms with E-state index in [0.29, 0.717) is 5.95 Å². The van der Waals surface area contributed by atoms with Crippen LogP contribution in [0.5, 0.6) is 0 Å². The summed E-state index contributed by atoms with van der Waals surface area (Å²) < 4.78 is 2.02. The van der Waals surface area contributed by atoms with Gasteiger partial charge in [0.25, 0.3) is 0 Å². The maximum absolute atomic E-state index is 4.83. The van der Waals surface area contributed by atoms with E-state index in [1.807, 2.05) is 29.2 Å². The maximum atomic E-state index is 4.83. The second-order valence-electron chi connectivity index (χ2n) is 8.53. The van der Waals surface area contributed by atoms with Crippen molar-refractivity contribution in [1.29, 1.82) is 0 Å². The quantitative estimate of drug-likeness (QED) is 0.543. The molecule has 1 aromatic carbocycles. The molecule has 31 heavy (non-hydrogen) atoms. The van der Waals surface area contributed by atoms with Crippen LogP contribution in [0.1, 0.15) is 25.6 Å². The molecule has 4 heterocycles. The van der Waals surface area contributed by atoms with E-state index in [2.05, 4.69) is 65.2 Å². The first-order valence-electron chi connectivity index (χ1n) is 10.8. The van der Waals surface area contributed by atoms with Crippen molar-refractivity contribution in [3.8, 4) is 0 Å². The van der Waals surface area contributed by atoms with Crippen LogP contribution in [0.25, 0.3) is 21.8 Å². The van der Waals surface area contributed by atoms with E-state index in [1.165, 1.54) is 5.69 Å². The molecule has 0 amide bonds. The van der Waals surface area contributed by atoms with Crippen LogP contribution in [0.3, 0.4) is 0 Å². The first kappa shape index (κ1) is 19.7. The lowest BCUT2D eigenvalue weighted by Crippen LogP contribution is -2.44. The molecule has 1 aliphatic rings. The van der Waals surface area contributed by atoms with Gasteiger partial charge in [0, 0.05) is 49.2 Å². The number of piperazine rings is 1. The van der Waals surface area contributed by atoms with Gasteiger partial charge < -0.3 is 15.1 Å². The van der Waals surface area contributed by atoms with Crippen molar-refractivity contribution in [2.75, 3.05) is 43.4 Å². The van der Waals surface area contributed by atoms with Gasteiger partial charge >= 0.3 is 0 Å². The van der Waals surface area contributed by atoms with Crippen LogP contribution >= 0.6 is 0 Å². The highest BCUT2D eigenvalue weighted by atomic mass is 15.3. The number of likely N-dealkylation sites (N-methyl/N-ethyl adjacent to an activating group) is 1. The summed E-state index contributed by atoms with van der Waals surface area (Å²) in [5.41, 5.74) is 4.13. The van der Waals surface area contributed by atoms with Gasteiger partial charge in [-0.15, -0.1) is 0 Å². The van der Waals surface area contributed by atoms with Gasteiger partial charge in [-0.1, -0.05) is 12.1 Å². The van der Waals surface area contributed by atoms with E-state index in [-0.39, 0.29) is 6.04 Å². The normalized spacial score (nSPS) is 15.3. The zero-order valence-corrected chi connectivity index (χ0v) is 18.5. The van der Waals surface area contributed by atoms with Crippen molar-refractivity contribution in [3.63, 3.8) is 0 Å². The smallest absolute Gasteiger partial charge is 0.228 e. The molecule has 4 aromatic rings. The minimum atomic E-state index is 0.251. The SMILES string of the molecule is Cc1nc(Nc2ncc3ccc4cnn(C(C)C)c4c3n2)ccc1N1CCN(C)CC1. The highest BCUT2D eigenvalue weighted by Gasteiger charge is 2.17. The molecular formula is C23H28N8. The van der Waals surface area contributed by atoms with Crippen molar-refractivity contribution in [2.24, 2.45) is 0 Å². The second-order valence-corrected chi connectivity index (χ2v) is 8.53. The van der Waals surface area contributed by atoms with Crippen LogP contribution in [-0.4, -0.2) is 62.9 Å². The Balaban J connectivity index is 1.46. The number of aryl methyl sites for hydroxylation is 1. The molecule has 0 spiro atoms. The third-order valence-corrected chi connectivity index (χ3v) is 5.94. The minimum Gasteiger partial charge on any atom is -0.368 e. The molecule has 1 fully saturated rings. The number of hydrogen-bond donors (Lipinski definition) is 1. The Bertz CT molecular complexity index is 1240. The molecule has 0 bridgehead atoms. The minimum absolute atomic E-state index is 0.251. The maximum Gasteiger partial charge on any atom is 0.228 e. The van der Waals surface area contributed by atoms with E-state index in [4.69, 9.17) is 9.97 Å². The largest absolute Gasteiger partial charge is 0.368 e. The van der Waals surface area contributed by atoms with Crippen molar-refractivity contribution in [3.05, 3.63) is 42.4 Å². The molecule has 0 saturated carbocycles. The lowest BCUT2D eigenvalue weighted by molar-refractivity contribution is 0.312. The first-order chi connectivity index (χ1) is 15.0. The zero-order valence-electron chi connectivity index (χ0n) is 18.5.